The van der Waals surface area contributed by atoms with Crippen molar-refractivity contribution in [2.45, 2.75) is 6.92 Å². The van der Waals surface area contributed by atoms with Gasteiger partial charge >= 0.3 is 0 Å². The first kappa shape index (κ1) is 27.1. The lowest BCUT2D eigenvalue weighted by Gasteiger charge is -2.18. The number of anilines is 3. The van der Waals surface area contributed by atoms with Gasteiger partial charge in [-0.3, -0.25) is 9.78 Å². The van der Waals surface area contributed by atoms with Gasteiger partial charge in [-0.2, -0.15) is 10.4 Å². The largest absolute Gasteiger partial charge is 0.490 e. The molecule has 1 amide bonds. The molecule has 0 aliphatic heterocycles. The zero-order chi connectivity index (χ0) is 28.9. The third-order valence-corrected chi connectivity index (χ3v) is 6.25. The average molecular weight is 549 g/mol. The minimum absolute atomic E-state index is 0.347. The van der Waals surface area contributed by atoms with Crippen molar-refractivity contribution < 1.29 is 14.3 Å². The van der Waals surface area contributed by atoms with E-state index in [2.05, 4.69) is 38.3 Å². The van der Waals surface area contributed by atoms with Crippen LogP contribution in [0.25, 0.3) is 16.6 Å². The number of amides is 1. The summed E-state index contributed by atoms with van der Waals surface area (Å²) in [4.78, 5) is 22.9. The molecule has 0 saturated heterocycles. The second-order valence-corrected chi connectivity index (χ2v) is 9.50. The Hall–Kier alpha value is -5.47. The van der Waals surface area contributed by atoms with E-state index in [4.69, 9.17) is 9.47 Å². The van der Waals surface area contributed by atoms with Crippen LogP contribution in [0.15, 0.2) is 73.8 Å². The van der Waals surface area contributed by atoms with Crippen LogP contribution in [0.3, 0.4) is 0 Å². The fourth-order valence-electron chi connectivity index (χ4n) is 4.15. The van der Waals surface area contributed by atoms with Gasteiger partial charge in [-0.25, -0.2) is 9.50 Å². The fourth-order valence-corrected chi connectivity index (χ4v) is 4.15. The first-order valence-corrected chi connectivity index (χ1v) is 12.8. The number of nitrogens with one attached hydrogen (secondary N) is 2. The van der Waals surface area contributed by atoms with Crippen LogP contribution in [0.5, 0.6) is 17.2 Å². The molecule has 0 atom stereocenters. The average Bonchev–Trinajstić information content (AvgIpc) is 3.43. The van der Waals surface area contributed by atoms with E-state index in [9.17, 15) is 10.1 Å². The molecule has 5 rings (SSSR count). The molecule has 2 N–H and O–H groups in total. The van der Waals surface area contributed by atoms with Gasteiger partial charge in [0.05, 0.1) is 22.5 Å². The van der Waals surface area contributed by atoms with Crippen LogP contribution < -0.4 is 20.1 Å². The predicted octanol–water partition coefficient (Wildman–Crippen LogP) is 5.06. The maximum absolute atomic E-state index is 12.2. The van der Waals surface area contributed by atoms with E-state index in [1.54, 1.807) is 22.8 Å². The van der Waals surface area contributed by atoms with E-state index in [1.165, 1.54) is 18.6 Å². The minimum Gasteiger partial charge on any atom is -0.490 e. The summed E-state index contributed by atoms with van der Waals surface area (Å²) >= 11 is 0. The van der Waals surface area contributed by atoms with Crippen molar-refractivity contribution in [3.63, 3.8) is 0 Å². The summed E-state index contributed by atoms with van der Waals surface area (Å²) in [7, 11) is 3.90. The van der Waals surface area contributed by atoms with Crippen LogP contribution in [-0.2, 0) is 4.79 Å². The normalized spacial score (nSPS) is 10.9. The van der Waals surface area contributed by atoms with Crippen molar-refractivity contribution >= 4 is 39.5 Å². The van der Waals surface area contributed by atoms with E-state index in [0.717, 1.165) is 11.3 Å². The molecule has 11 nitrogen and oxygen atoms in total. The number of aromatic nitrogens is 4. The molecule has 3 heterocycles. The molecule has 11 heteroatoms. The van der Waals surface area contributed by atoms with Crippen molar-refractivity contribution in [2.75, 3.05) is 37.9 Å². The Morgan fingerprint density at radius 3 is 2.78 bits per heavy atom. The first-order chi connectivity index (χ1) is 19.8. The molecule has 2 aromatic carbocycles. The number of carbonyl (C=O) groups is 1. The lowest BCUT2D eigenvalue weighted by atomic mass is 10.1. The molecule has 0 aliphatic carbocycles. The number of hydrogen-bond acceptors (Lipinski definition) is 9. The minimum atomic E-state index is -0.380. The number of nitriles is 1. The number of carbonyl (C=O) groups excluding carboxylic acids is 1. The van der Waals surface area contributed by atoms with Crippen molar-refractivity contribution in [3.05, 3.63) is 85.0 Å². The van der Waals surface area contributed by atoms with E-state index in [0.29, 0.717) is 63.9 Å². The number of ether oxygens (including phenoxy) is 2. The van der Waals surface area contributed by atoms with E-state index < -0.39 is 0 Å². The quantitative estimate of drug-likeness (QED) is 0.230. The maximum Gasteiger partial charge on any atom is 0.247 e. The van der Waals surface area contributed by atoms with Crippen LogP contribution in [-0.4, -0.2) is 57.6 Å². The molecule has 0 bridgehead atoms. The lowest BCUT2D eigenvalue weighted by molar-refractivity contribution is -0.111. The molecule has 5 aromatic rings. The Morgan fingerprint density at radius 2 is 2.02 bits per heavy atom. The topological polar surface area (TPSA) is 130 Å². The highest BCUT2D eigenvalue weighted by atomic mass is 16.5. The lowest BCUT2D eigenvalue weighted by Crippen LogP contribution is -2.20. The van der Waals surface area contributed by atoms with Crippen LogP contribution in [0, 0.1) is 18.3 Å². The second-order valence-electron chi connectivity index (χ2n) is 9.50. The Bertz CT molecular complexity index is 1810. The third kappa shape index (κ3) is 6.08. The predicted molar refractivity (Wildman–Crippen MR) is 157 cm³/mol. The highest BCUT2D eigenvalue weighted by Gasteiger charge is 2.16. The van der Waals surface area contributed by atoms with Gasteiger partial charge in [0.2, 0.25) is 5.91 Å². The molecule has 0 aliphatic rings. The molecule has 41 heavy (non-hydrogen) atoms. The highest BCUT2D eigenvalue weighted by molar-refractivity contribution is 6.04. The number of benzene rings is 2. The van der Waals surface area contributed by atoms with Crippen LogP contribution in [0.1, 0.15) is 11.1 Å². The van der Waals surface area contributed by atoms with E-state index in [1.807, 2.05) is 56.3 Å². The summed E-state index contributed by atoms with van der Waals surface area (Å²) in [5.74, 6) is 1.40. The number of fused-ring (bicyclic) bond motifs is 2. The summed E-state index contributed by atoms with van der Waals surface area (Å²) in [6.07, 6.45) is 5.97. The summed E-state index contributed by atoms with van der Waals surface area (Å²) in [5.41, 5.74) is 4.26. The Labute approximate surface area is 236 Å². The number of aryl methyl sites for hydroxylation is 1. The number of pyridine rings is 2. The summed E-state index contributed by atoms with van der Waals surface area (Å²) in [5, 5.41) is 20.8. The first-order valence-electron chi connectivity index (χ1n) is 12.8. The molecule has 206 valence electrons. The molecule has 0 spiro atoms. The van der Waals surface area contributed by atoms with Crippen molar-refractivity contribution in [2.24, 2.45) is 0 Å². The number of likely N-dealkylation sites (N-methyl/N-ethyl adjacent to an activating group) is 1. The second kappa shape index (κ2) is 11.7. The third-order valence-electron chi connectivity index (χ3n) is 6.25. The van der Waals surface area contributed by atoms with Gasteiger partial charge in [0.25, 0.3) is 0 Å². The summed E-state index contributed by atoms with van der Waals surface area (Å²) in [6.45, 7) is 6.58. The molecular weight excluding hydrogens is 520 g/mol. The van der Waals surface area contributed by atoms with Crippen LogP contribution >= 0.6 is 0 Å². The van der Waals surface area contributed by atoms with Gasteiger partial charge in [0.15, 0.2) is 5.65 Å². The number of hydrogen-bond donors (Lipinski definition) is 2. The van der Waals surface area contributed by atoms with Gasteiger partial charge < -0.3 is 25.0 Å². The van der Waals surface area contributed by atoms with E-state index >= 15 is 0 Å². The van der Waals surface area contributed by atoms with Gasteiger partial charge in [0.1, 0.15) is 36.3 Å². The summed E-state index contributed by atoms with van der Waals surface area (Å²) in [6, 6.07) is 15.0. The highest BCUT2D eigenvalue weighted by Crippen LogP contribution is 2.37. The van der Waals surface area contributed by atoms with Crippen LogP contribution in [0.2, 0.25) is 0 Å². The smallest absolute Gasteiger partial charge is 0.247 e. The van der Waals surface area contributed by atoms with E-state index in [-0.39, 0.29) is 5.91 Å². The van der Waals surface area contributed by atoms with Gasteiger partial charge in [-0.1, -0.05) is 6.58 Å². The maximum atomic E-state index is 12.2. The Morgan fingerprint density at radius 1 is 1.17 bits per heavy atom. The van der Waals surface area contributed by atoms with Crippen LogP contribution in [0.4, 0.5) is 17.1 Å². The van der Waals surface area contributed by atoms with Gasteiger partial charge in [-0.15, -0.1) is 0 Å². The molecule has 0 saturated carbocycles. The van der Waals surface area contributed by atoms with Crippen molar-refractivity contribution in [3.8, 4) is 23.3 Å². The van der Waals surface area contributed by atoms with Crippen molar-refractivity contribution in [1.82, 2.24) is 24.5 Å². The molecular formula is C30H28N8O3. The molecule has 0 radical (unpaired) electrons. The van der Waals surface area contributed by atoms with Crippen molar-refractivity contribution in [1.29, 1.82) is 5.26 Å². The summed E-state index contributed by atoms with van der Waals surface area (Å²) < 4.78 is 13.7. The zero-order valence-corrected chi connectivity index (χ0v) is 22.9. The zero-order valence-electron chi connectivity index (χ0n) is 22.9. The fraction of sp³-hybridized carbons (Fsp3) is 0.167. The SMILES string of the molecule is C=CC(=O)Nc1cc2c(Nc3ccc(Oc4ccn5ncnc5c4)c(C)c3)c(C#N)cnc2cc1OCCN(C)C. The van der Waals surface area contributed by atoms with Gasteiger partial charge in [-0.05, 0) is 63.0 Å². The Kier molecular flexibility index (Phi) is 7.76. The van der Waals surface area contributed by atoms with Gasteiger partial charge in [0, 0.05) is 42.1 Å². The number of rotatable bonds is 10. The molecule has 0 fully saturated rings. The molecule has 3 aromatic heterocycles. The molecule has 0 unspecified atom stereocenters. The standard InChI is InChI=1S/C30H28N8O3/c1-5-29(39)36-25-14-23-24(15-27(25)40-11-10-37(3)4)32-17-20(16-31)30(23)35-21-6-7-26(19(2)12-21)41-22-8-9-38-28(13-22)33-18-34-38/h5-9,12-15,17-18H,1,10-11H2,2-4H3,(H,32,35)(H,36,39). The monoisotopic (exact) mass is 548 g/mol. The Balaban J connectivity index is 1.47. The number of nitrogens with zero attached hydrogens (tertiary/aromatic N) is 6.